The Morgan fingerprint density at radius 1 is 1.26 bits per heavy atom. The minimum absolute atomic E-state index is 0.147. The predicted octanol–water partition coefficient (Wildman–Crippen LogP) is 2.24. The molecule has 0 heterocycles. The van der Waals surface area contributed by atoms with Gasteiger partial charge in [0.05, 0.1) is 24.0 Å². The van der Waals surface area contributed by atoms with E-state index in [1.54, 1.807) is 30.3 Å². The second-order valence-electron chi connectivity index (χ2n) is 3.92. The first kappa shape index (κ1) is 12.8. The van der Waals surface area contributed by atoms with Crippen LogP contribution in [0.15, 0.2) is 42.5 Å². The molecule has 0 fully saturated rings. The zero-order chi connectivity index (χ0) is 13.8. The molecule has 4 N–H and O–H groups in total. The number of hydrogen-bond acceptors (Lipinski definition) is 4. The van der Waals surface area contributed by atoms with Gasteiger partial charge in [0.1, 0.15) is 11.5 Å². The van der Waals surface area contributed by atoms with Crippen molar-refractivity contribution < 1.29 is 14.6 Å². The van der Waals surface area contributed by atoms with E-state index >= 15 is 0 Å². The number of nitrogens with two attached hydrogens (primary N) is 1. The molecule has 0 aliphatic carbocycles. The number of benzene rings is 2. The van der Waals surface area contributed by atoms with Crippen LogP contribution in [0, 0.1) is 0 Å². The molecule has 2 aromatic carbocycles. The summed E-state index contributed by atoms with van der Waals surface area (Å²) in [6.07, 6.45) is 0. The molecule has 0 atom stereocenters. The van der Waals surface area contributed by atoms with Gasteiger partial charge in [0, 0.05) is 6.07 Å². The maximum Gasteiger partial charge on any atom is 0.259 e. The van der Waals surface area contributed by atoms with Gasteiger partial charge >= 0.3 is 0 Å². The molecule has 0 aliphatic rings. The topological polar surface area (TPSA) is 84.6 Å². The molecule has 0 aliphatic heterocycles. The van der Waals surface area contributed by atoms with Gasteiger partial charge in [0.25, 0.3) is 5.91 Å². The third-order valence-electron chi connectivity index (χ3n) is 2.66. The van der Waals surface area contributed by atoms with Crippen LogP contribution in [0.2, 0.25) is 0 Å². The van der Waals surface area contributed by atoms with E-state index in [2.05, 4.69) is 5.32 Å². The van der Waals surface area contributed by atoms with Crippen LogP contribution in [0.5, 0.6) is 11.5 Å². The summed E-state index contributed by atoms with van der Waals surface area (Å²) in [5.41, 5.74) is 6.85. The van der Waals surface area contributed by atoms with Crippen LogP contribution in [0.3, 0.4) is 0 Å². The normalized spacial score (nSPS) is 9.95. The second-order valence-corrected chi connectivity index (χ2v) is 3.92. The Morgan fingerprint density at radius 3 is 2.63 bits per heavy atom. The van der Waals surface area contributed by atoms with Gasteiger partial charge < -0.3 is 20.9 Å². The fraction of sp³-hybridized carbons (Fsp3) is 0.0714. The average Bonchev–Trinajstić information content (AvgIpc) is 2.41. The van der Waals surface area contributed by atoms with Crippen molar-refractivity contribution in [3.8, 4) is 11.5 Å². The lowest BCUT2D eigenvalue weighted by molar-refractivity contribution is 0.102. The van der Waals surface area contributed by atoms with Gasteiger partial charge in [0.15, 0.2) is 0 Å². The largest absolute Gasteiger partial charge is 0.507 e. The third-order valence-corrected chi connectivity index (χ3v) is 2.66. The Kier molecular flexibility index (Phi) is 3.56. The summed E-state index contributed by atoms with van der Waals surface area (Å²) in [5, 5.41) is 12.4. The van der Waals surface area contributed by atoms with Crippen LogP contribution in [-0.4, -0.2) is 18.1 Å². The van der Waals surface area contributed by atoms with Crippen LogP contribution < -0.4 is 15.8 Å². The van der Waals surface area contributed by atoms with Crippen LogP contribution in [0.1, 0.15) is 10.4 Å². The molecule has 19 heavy (non-hydrogen) atoms. The maximum atomic E-state index is 12.0. The Morgan fingerprint density at radius 2 is 2.00 bits per heavy atom. The number of nitrogens with one attached hydrogen (secondary N) is 1. The summed E-state index contributed by atoms with van der Waals surface area (Å²) in [6.45, 7) is 0. The number of amides is 1. The molecule has 0 spiro atoms. The highest BCUT2D eigenvalue weighted by Crippen LogP contribution is 2.25. The molecule has 2 rings (SSSR count). The minimum Gasteiger partial charge on any atom is -0.507 e. The minimum atomic E-state index is -0.432. The number of carbonyl (C=O) groups is 1. The van der Waals surface area contributed by atoms with E-state index in [1.807, 2.05) is 0 Å². The van der Waals surface area contributed by atoms with Crippen molar-refractivity contribution in [2.75, 3.05) is 18.2 Å². The Labute approximate surface area is 110 Å². The molecule has 1 amide bonds. The average molecular weight is 258 g/mol. The van der Waals surface area contributed by atoms with Crippen LogP contribution in [-0.2, 0) is 0 Å². The quantitative estimate of drug-likeness (QED) is 0.737. The fourth-order valence-corrected chi connectivity index (χ4v) is 1.63. The van der Waals surface area contributed by atoms with Crippen LogP contribution in [0.4, 0.5) is 11.4 Å². The number of phenols is 1. The van der Waals surface area contributed by atoms with E-state index in [0.717, 1.165) is 0 Å². The number of hydrogen-bond donors (Lipinski definition) is 3. The molecule has 2 aromatic rings. The summed E-state index contributed by atoms with van der Waals surface area (Å²) >= 11 is 0. The second kappa shape index (κ2) is 5.30. The predicted molar refractivity (Wildman–Crippen MR) is 73.5 cm³/mol. The number of aromatic hydroxyl groups is 1. The summed E-state index contributed by atoms with van der Waals surface area (Å²) < 4.78 is 4.96. The first-order chi connectivity index (χ1) is 9.11. The van der Waals surface area contributed by atoms with Gasteiger partial charge in [-0.1, -0.05) is 12.1 Å². The molecular formula is C14H14N2O3. The van der Waals surface area contributed by atoms with Gasteiger partial charge in [0.2, 0.25) is 0 Å². The molecule has 0 saturated heterocycles. The van der Waals surface area contributed by atoms with E-state index in [1.165, 1.54) is 19.2 Å². The van der Waals surface area contributed by atoms with Crippen molar-refractivity contribution in [3.63, 3.8) is 0 Å². The monoisotopic (exact) mass is 258 g/mol. The van der Waals surface area contributed by atoms with Crippen molar-refractivity contribution in [2.45, 2.75) is 0 Å². The number of phenolic OH excluding ortho intramolecular Hbond substituents is 1. The van der Waals surface area contributed by atoms with E-state index in [-0.39, 0.29) is 11.3 Å². The van der Waals surface area contributed by atoms with E-state index in [9.17, 15) is 9.90 Å². The maximum absolute atomic E-state index is 12.0. The van der Waals surface area contributed by atoms with Gasteiger partial charge in [-0.25, -0.2) is 0 Å². The molecule has 0 bridgehead atoms. The van der Waals surface area contributed by atoms with E-state index < -0.39 is 5.91 Å². The van der Waals surface area contributed by atoms with E-state index in [0.29, 0.717) is 17.1 Å². The Hall–Kier alpha value is -2.69. The first-order valence-corrected chi connectivity index (χ1v) is 5.64. The number of anilines is 2. The van der Waals surface area contributed by atoms with Gasteiger partial charge in [-0.15, -0.1) is 0 Å². The van der Waals surface area contributed by atoms with Crippen molar-refractivity contribution >= 4 is 17.3 Å². The Bertz CT molecular complexity index is 611. The van der Waals surface area contributed by atoms with Gasteiger partial charge in [-0.05, 0) is 24.3 Å². The van der Waals surface area contributed by atoms with Crippen molar-refractivity contribution in [1.82, 2.24) is 0 Å². The smallest absolute Gasteiger partial charge is 0.259 e. The molecule has 0 aromatic heterocycles. The zero-order valence-corrected chi connectivity index (χ0v) is 10.4. The van der Waals surface area contributed by atoms with Crippen LogP contribution >= 0.6 is 0 Å². The van der Waals surface area contributed by atoms with Crippen molar-refractivity contribution in [3.05, 3.63) is 48.0 Å². The zero-order valence-electron chi connectivity index (χ0n) is 10.4. The van der Waals surface area contributed by atoms with Crippen LogP contribution in [0.25, 0.3) is 0 Å². The first-order valence-electron chi connectivity index (χ1n) is 5.64. The molecule has 5 heteroatoms. The van der Waals surface area contributed by atoms with E-state index in [4.69, 9.17) is 10.5 Å². The number of para-hydroxylation sites is 2. The molecule has 0 radical (unpaired) electrons. The highest BCUT2D eigenvalue weighted by Gasteiger charge is 2.13. The fourth-order valence-electron chi connectivity index (χ4n) is 1.63. The highest BCUT2D eigenvalue weighted by molar-refractivity contribution is 6.07. The van der Waals surface area contributed by atoms with Gasteiger partial charge in [-0.2, -0.15) is 0 Å². The lowest BCUT2D eigenvalue weighted by Gasteiger charge is -2.09. The standard InChI is InChI=1S/C14H14N2O3/c1-19-9-6-7-10(13(17)8-9)14(18)16-12-5-3-2-4-11(12)15/h2-8,17H,15H2,1H3,(H,16,18). The number of ether oxygens (including phenoxy) is 1. The lowest BCUT2D eigenvalue weighted by atomic mass is 10.1. The SMILES string of the molecule is COc1ccc(C(=O)Nc2ccccc2N)c(O)c1. The molecule has 98 valence electrons. The van der Waals surface area contributed by atoms with Gasteiger partial charge in [-0.3, -0.25) is 4.79 Å². The third kappa shape index (κ3) is 2.77. The summed E-state index contributed by atoms with van der Waals surface area (Å²) in [4.78, 5) is 12.0. The molecular weight excluding hydrogens is 244 g/mol. The van der Waals surface area contributed by atoms with Crippen molar-refractivity contribution in [2.24, 2.45) is 0 Å². The highest BCUT2D eigenvalue weighted by atomic mass is 16.5. The number of methoxy groups -OCH3 is 1. The molecule has 5 nitrogen and oxygen atoms in total. The number of carbonyl (C=O) groups excluding carboxylic acids is 1. The number of nitrogen functional groups attached to an aromatic ring is 1. The number of rotatable bonds is 3. The molecule has 0 saturated carbocycles. The Balaban J connectivity index is 2.23. The lowest BCUT2D eigenvalue weighted by Crippen LogP contribution is -2.13. The van der Waals surface area contributed by atoms with Crippen molar-refractivity contribution in [1.29, 1.82) is 0 Å². The molecule has 0 unspecified atom stereocenters. The summed E-state index contributed by atoms with van der Waals surface area (Å²) in [6, 6.07) is 11.4. The summed E-state index contributed by atoms with van der Waals surface area (Å²) in [7, 11) is 1.49. The summed E-state index contributed by atoms with van der Waals surface area (Å²) in [5.74, 6) is -0.0994.